The summed E-state index contributed by atoms with van der Waals surface area (Å²) >= 11 is 0. The molecule has 90 valence electrons. The maximum absolute atomic E-state index is 3.55. The molecular weight excluding hydrogens is 184 g/mol. The van der Waals surface area contributed by atoms with Crippen molar-refractivity contribution in [2.24, 2.45) is 5.41 Å². The normalized spacial score (nSPS) is 23.6. The molecule has 0 saturated carbocycles. The topological polar surface area (TPSA) is 15.3 Å². The number of rotatable bonds is 5. The first kappa shape index (κ1) is 13.0. The summed E-state index contributed by atoms with van der Waals surface area (Å²) < 4.78 is 0. The van der Waals surface area contributed by atoms with Crippen molar-refractivity contribution >= 4 is 0 Å². The van der Waals surface area contributed by atoms with Crippen molar-refractivity contribution in [3.63, 3.8) is 0 Å². The van der Waals surface area contributed by atoms with Crippen LogP contribution in [0.2, 0.25) is 0 Å². The molecule has 2 nitrogen and oxygen atoms in total. The fourth-order valence-corrected chi connectivity index (χ4v) is 2.14. The third-order valence-electron chi connectivity index (χ3n) is 3.32. The standard InChI is InChI=1S/C13H28N2/c1-12-6-5-10-15(12)11-9-14-8-7-13(2,3)4/h12,14H,5-11H2,1-4H3. The molecule has 0 aromatic carbocycles. The molecule has 1 atom stereocenters. The Labute approximate surface area is 95.4 Å². The summed E-state index contributed by atoms with van der Waals surface area (Å²) in [6.07, 6.45) is 4.05. The Morgan fingerprint density at radius 2 is 2.00 bits per heavy atom. The van der Waals surface area contributed by atoms with E-state index in [4.69, 9.17) is 0 Å². The Morgan fingerprint density at radius 3 is 2.53 bits per heavy atom. The highest BCUT2D eigenvalue weighted by atomic mass is 15.2. The minimum Gasteiger partial charge on any atom is -0.315 e. The number of likely N-dealkylation sites (tertiary alicyclic amines) is 1. The molecule has 1 unspecified atom stereocenters. The molecule has 0 aromatic heterocycles. The molecule has 1 fully saturated rings. The summed E-state index contributed by atoms with van der Waals surface area (Å²) in [6.45, 7) is 14.1. The van der Waals surface area contributed by atoms with E-state index in [2.05, 4.69) is 37.9 Å². The Kier molecular flexibility index (Phi) is 5.07. The van der Waals surface area contributed by atoms with Gasteiger partial charge < -0.3 is 5.32 Å². The van der Waals surface area contributed by atoms with Crippen molar-refractivity contribution in [1.29, 1.82) is 0 Å². The number of hydrogen-bond acceptors (Lipinski definition) is 2. The zero-order chi connectivity index (χ0) is 11.3. The summed E-state index contributed by atoms with van der Waals surface area (Å²) in [5, 5.41) is 3.55. The molecule has 15 heavy (non-hydrogen) atoms. The summed E-state index contributed by atoms with van der Waals surface area (Å²) in [5.41, 5.74) is 0.466. The molecule has 2 heteroatoms. The quantitative estimate of drug-likeness (QED) is 0.704. The third-order valence-corrected chi connectivity index (χ3v) is 3.32. The fraction of sp³-hybridized carbons (Fsp3) is 1.00. The molecule has 0 radical (unpaired) electrons. The minimum atomic E-state index is 0.466. The second-order valence-corrected chi connectivity index (χ2v) is 6.09. The van der Waals surface area contributed by atoms with Gasteiger partial charge in [0.15, 0.2) is 0 Å². The highest BCUT2D eigenvalue weighted by Gasteiger charge is 2.18. The average Bonchev–Trinajstić information content (AvgIpc) is 2.49. The first-order chi connectivity index (χ1) is 6.99. The molecule has 1 rings (SSSR count). The lowest BCUT2D eigenvalue weighted by molar-refractivity contribution is 0.265. The van der Waals surface area contributed by atoms with Gasteiger partial charge in [-0.3, -0.25) is 4.90 Å². The Hall–Kier alpha value is -0.0800. The number of nitrogens with one attached hydrogen (secondary N) is 1. The first-order valence-corrected chi connectivity index (χ1v) is 6.44. The smallest absolute Gasteiger partial charge is 0.0110 e. The van der Waals surface area contributed by atoms with Crippen molar-refractivity contribution in [2.45, 2.75) is 53.0 Å². The van der Waals surface area contributed by atoms with E-state index in [9.17, 15) is 0 Å². The van der Waals surface area contributed by atoms with Crippen LogP contribution in [0.25, 0.3) is 0 Å². The molecule has 1 heterocycles. The molecule has 1 aliphatic rings. The van der Waals surface area contributed by atoms with Gasteiger partial charge in [-0.1, -0.05) is 20.8 Å². The summed E-state index contributed by atoms with van der Waals surface area (Å²) in [6, 6.07) is 0.814. The van der Waals surface area contributed by atoms with Crippen LogP contribution in [0.4, 0.5) is 0 Å². The first-order valence-electron chi connectivity index (χ1n) is 6.44. The fourth-order valence-electron chi connectivity index (χ4n) is 2.14. The van der Waals surface area contributed by atoms with Crippen LogP contribution in [0.3, 0.4) is 0 Å². The van der Waals surface area contributed by atoms with Gasteiger partial charge in [0.05, 0.1) is 0 Å². The monoisotopic (exact) mass is 212 g/mol. The maximum atomic E-state index is 3.55. The van der Waals surface area contributed by atoms with E-state index in [0.29, 0.717) is 5.41 Å². The largest absolute Gasteiger partial charge is 0.315 e. The van der Waals surface area contributed by atoms with Crippen LogP contribution in [-0.4, -0.2) is 37.1 Å². The second-order valence-electron chi connectivity index (χ2n) is 6.09. The SMILES string of the molecule is CC1CCCN1CCNCCC(C)(C)C. The lowest BCUT2D eigenvalue weighted by Crippen LogP contribution is -2.35. The van der Waals surface area contributed by atoms with Crippen molar-refractivity contribution < 1.29 is 0 Å². The van der Waals surface area contributed by atoms with Crippen molar-refractivity contribution in [1.82, 2.24) is 10.2 Å². The molecule has 1 saturated heterocycles. The van der Waals surface area contributed by atoms with E-state index in [1.165, 1.54) is 32.4 Å². The van der Waals surface area contributed by atoms with Crippen LogP contribution < -0.4 is 5.32 Å². The molecule has 0 aromatic rings. The zero-order valence-electron chi connectivity index (χ0n) is 11.0. The van der Waals surface area contributed by atoms with E-state index in [1.807, 2.05) is 0 Å². The number of nitrogens with zero attached hydrogens (tertiary/aromatic N) is 1. The Balaban J connectivity index is 1.97. The van der Waals surface area contributed by atoms with Gasteiger partial charge in [0, 0.05) is 19.1 Å². The highest BCUT2D eigenvalue weighted by Crippen LogP contribution is 2.17. The third kappa shape index (κ3) is 5.53. The van der Waals surface area contributed by atoms with Crippen LogP contribution in [0.15, 0.2) is 0 Å². The predicted octanol–water partition coefficient (Wildman–Crippen LogP) is 2.50. The van der Waals surface area contributed by atoms with Crippen molar-refractivity contribution in [3.05, 3.63) is 0 Å². The van der Waals surface area contributed by atoms with Crippen LogP contribution in [-0.2, 0) is 0 Å². The van der Waals surface area contributed by atoms with E-state index in [-0.39, 0.29) is 0 Å². The molecule has 0 bridgehead atoms. The lowest BCUT2D eigenvalue weighted by Gasteiger charge is -2.22. The van der Waals surface area contributed by atoms with Crippen LogP contribution in [0.1, 0.15) is 47.0 Å². The molecule has 0 aliphatic carbocycles. The predicted molar refractivity (Wildman–Crippen MR) is 67.2 cm³/mol. The van der Waals surface area contributed by atoms with Gasteiger partial charge in [-0.05, 0) is 44.7 Å². The molecule has 1 aliphatic heterocycles. The van der Waals surface area contributed by atoms with E-state index in [1.54, 1.807) is 0 Å². The highest BCUT2D eigenvalue weighted by molar-refractivity contribution is 4.75. The molecular formula is C13H28N2. The summed E-state index contributed by atoms with van der Waals surface area (Å²) in [4.78, 5) is 2.60. The molecule has 1 N–H and O–H groups in total. The van der Waals surface area contributed by atoms with Gasteiger partial charge in [-0.15, -0.1) is 0 Å². The Morgan fingerprint density at radius 1 is 1.27 bits per heavy atom. The summed E-state index contributed by atoms with van der Waals surface area (Å²) in [5.74, 6) is 0. The van der Waals surface area contributed by atoms with Crippen molar-refractivity contribution in [3.8, 4) is 0 Å². The van der Waals surface area contributed by atoms with Gasteiger partial charge in [0.25, 0.3) is 0 Å². The van der Waals surface area contributed by atoms with Gasteiger partial charge in [-0.25, -0.2) is 0 Å². The van der Waals surface area contributed by atoms with Gasteiger partial charge in [-0.2, -0.15) is 0 Å². The van der Waals surface area contributed by atoms with Crippen LogP contribution in [0.5, 0.6) is 0 Å². The minimum absolute atomic E-state index is 0.466. The van der Waals surface area contributed by atoms with Gasteiger partial charge in [0.1, 0.15) is 0 Å². The van der Waals surface area contributed by atoms with E-state index >= 15 is 0 Å². The van der Waals surface area contributed by atoms with Crippen LogP contribution in [0, 0.1) is 5.41 Å². The summed E-state index contributed by atoms with van der Waals surface area (Å²) in [7, 11) is 0. The maximum Gasteiger partial charge on any atom is 0.0110 e. The number of hydrogen-bond donors (Lipinski definition) is 1. The average molecular weight is 212 g/mol. The van der Waals surface area contributed by atoms with Gasteiger partial charge >= 0.3 is 0 Å². The molecule has 0 spiro atoms. The lowest BCUT2D eigenvalue weighted by atomic mass is 9.92. The van der Waals surface area contributed by atoms with Gasteiger partial charge in [0.2, 0.25) is 0 Å². The van der Waals surface area contributed by atoms with Crippen LogP contribution >= 0.6 is 0 Å². The second kappa shape index (κ2) is 5.86. The molecule has 0 amide bonds. The van der Waals surface area contributed by atoms with E-state index < -0.39 is 0 Å². The van der Waals surface area contributed by atoms with E-state index in [0.717, 1.165) is 19.1 Å². The Bertz CT molecular complexity index is 172. The van der Waals surface area contributed by atoms with Crippen molar-refractivity contribution in [2.75, 3.05) is 26.2 Å². The zero-order valence-corrected chi connectivity index (χ0v) is 11.0.